The molecule has 4 N–H and O–H groups in total. The Morgan fingerprint density at radius 2 is 1.92 bits per heavy atom. The van der Waals surface area contributed by atoms with Gasteiger partial charge in [0.15, 0.2) is 6.10 Å². The molecule has 0 bridgehead atoms. The lowest BCUT2D eigenvalue weighted by Gasteiger charge is -2.26. The van der Waals surface area contributed by atoms with Gasteiger partial charge >= 0.3 is 5.97 Å². The van der Waals surface area contributed by atoms with Crippen molar-refractivity contribution in [3.05, 3.63) is 64.1 Å². The molecule has 2 aliphatic heterocycles. The van der Waals surface area contributed by atoms with Crippen molar-refractivity contribution in [3.8, 4) is 0 Å². The van der Waals surface area contributed by atoms with Crippen LogP contribution in [-0.2, 0) is 4.79 Å². The number of aliphatic hydroxyl groups is 1. The minimum Gasteiger partial charge on any atom is -0.479 e. The Morgan fingerprint density at radius 3 is 2.64 bits per heavy atom. The van der Waals surface area contributed by atoms with E-state index in [1.54, 1.807) is 30.3 Å². The van der Waals surface area contributed by atoms with Crippen LogP contribution >= 0.6 is 15.9 Å². The predicted molar refractivity (Wildman–Crippen MR) is 101 cm³/mol. The number of aliphatic carboxylic acids is 1. The molecule has 2 aromatic rings. The van der Waals surface area contributed by atoms with Crippen molar-refractivity contribution < 1.29 is 15.0 Å². The molecule has 0 spiro atoms. The molecule has 0 amide bonds. The number of halogens is 1. The molecule has 2 aromatic carbocycles. The molecule has 2 aliphatic rings. The Hall–Kier alpha value is -1.89. The minimum absolute atomic E-state index is 0.403. The molecule has 6 heteroatoms. The van der Waals surface area contributed by atoms with E-state index in [1.165, 1.54) is 22.1 Å². The number of carbonyl (C=O) groups is 1. The third-order valence-corrected chi connectivity index (χ3v) is 5.27. The van der Waals surface area contributed by atoms with Crippen LogP contribution < -0.4 is 10.6 Å². The Labute approximate surface area is 155 Å². The van der Waals surface area contributed by atoms with E-state index in [2.05, 4.69) is 44.8 Å². The fourth-order valence-corrected chi connectivity index (χ4v) is 3.82. The number of para-hydroxylation sites is 1. The van der Waals surface area contributed by atoms with Gasteiger partial charge in [0, 0.05) is 23.0 Å². The van der Waals surface area contributed by atoms with Crippen LogP contribution in [0.3, 0.4) is 0 Å². The predicted octanol–water partition coefficient (Wildman–Crippen LogP) is 3.12. The molecule has 0 aromatic heterocycles. The number of aliphatic hydroxyl groups excluding tert-OH is 1. The van der Waals surface area contributed by atoms with E-state index in [-0.39, 0.29) is 0 Å². The SMILES string of the molecule is Brc1cccc2c1N[C@H]1CCNC[C@@H]21.O=C(O)[C@@H](O)c1ccccc1. The lowest BCUT2D eigenvalue weighted by atomic mass is 9.91. The van der Waals surface area contributed by atoms with Crippen LogP contribution in [0.15, 0.2) is 53.0 Å². The first-order valence-corrected chi connectivity index (χ1v) is 9.08. The second-order valence-corrected chi connectivity index (χ2v) is 7.06. The van der Waals surface area contributed by atoms with Crippen LogP contribution in [-0.4, -0.2) is 35.3 Å². The van der Waals surface area contributed by atoms with Crippen molar-refractivity contribution in [3.63, 3.8) is 0 Å². The molecule has 25 heavy (non-hydrogen) atoms. The molecule has 0 saturated carbocycles. The fraction of sp³-hybridized carbons (Fsp3) is 0.316. The van der Waals surface area contributed by atoms with Crippen LogP contribution in [0.1, 0.15) is 29.6 Å². The zero-order chi connectivity index (χ0) is 17.8. The van der Waals surface area contributed by atoms with Gasteiger partial charge in [0.2, 0.25) is 0 Å². The number of nitrogens with one attached hydrogen (secondary N) is 2. The third kappa shape index (κ3) is 4.03. The Balaban J connectivity index is 0.000000151. The van der Waals surface area contributed by atoms with E-state index < -0.39 is 12.1 Å². The standard InChI is InChI=1S/C11H13BrN2.C8H8O3/c12-9-3-1-2-7-8-6-13-5-4-10(8)14-11(7)9;9-7(8(10)11)6-4-2-1-3-5-6/h1-3,8,10,13-14H,4-6H2;1-5,7,9H,(H,10,11)/t8-,10-;7-/m00/s1. The number of benzene rings is 2. The first-order chi connectivity index (χ1) is 12.1. The van der Waals surface area contributed by atoms with Crippen LogP contribution in [0.5, 0.6) is 0 Å². The first-order valence-electron chi connectivity index (χ1n) is 8.29. The molecule has 2 heterocycles. The summed E-state index contributed by atoms with van der Waals surface area (Å²) in [5, 5.41) is 24.5. The zero-order valence-electron chi connectivity index (χ0n) is 13.7. The van der Waals surface area contributed by atoms with E-state index >= 15 is 0 Å². The van der Waals surface area contributed by atoms with Gasteiger partial charge in [-0.1, -0.05) is 42.5 Å². The van der Waals surface area contributed by atoms with E-state index in [0.717, 1.165) is 13.1 Å². The van der Waals surface area contributed by atoms with Gasteiger partial charge in [-0.15, -0.1) is 0 Å². The summed E-state index contributed by atoms with van der Waals surface area (Å²) in [4.78, 5) is 10.2. The van der Waals surface area contributed by atoms with Crippen LogP contribution in [0, 0.1) is 0 Å². The number of anilines is 1. The lowest BCUT2D eigenvalue weighted by molar-refractivity contribution is -0.146. The monoisotopic (exact) mass is 404 g/mol. The molecule has 5 nitrogen and oxygen atoms in total. The second kappa shape index (κ2) is 7.99. The maximum atomic E-state index is 10.2. The number of hydrogen-bond acceptors (Lipinski definition) is 4. The summed E-state index contributed by atoms with van der Waals surface area (Å²) >= 11 is 3.60. The highest BCUT2D eigenvalue weighted by Gasteiger charge is 2.34. The number of piperidine rings is 1. The summed E-state index contributed by atoms with van der Waals surface area (Å²) in [5.41, 5.74) is 3.18. The van der Waals surface area contributed by atoms with Gasteiger partial charge in [0.1, 0.15) is 0 Å². The molecular formula is C19H21BrN2O3. The van der Waals surface area contributed by atoms with Crippen LogP contribution in [0.4, 0.5) is 5.69 Å². The molecule has 4 rings (SSSR count). The molecule has 0 radical (unpaired) electrons. The molecule has 0 aliphatic carbocycles. The zero-order valence-corrected chi connectivity index (χ0v) is 15.2. The van der Waals surface area contributed by atoms with Crippen LogP contribution in [0.2, 0.25) is 0 Å². The summed E-state index contributed by atoms with van der Waals surface area (Å²) in [7, 11) is 0. The molecule has 0 unspecified atom stereocenters. The summed E-state index contributed by atoms with van der Waals surface area (Å²) in [6.07, 6.45) is -0.178. The average Bonchev–Trinajstić information content (AvgIpc) is 3.03. The van der Waals surface area contributed by atoms with E-state index in [0.29, 0.717) is 17.5 Å². The second-order valence-electron chi connectivity index (χ2n) is 6.21. The van der Waals surface area contributed by atoms with E-state index in [9.17, 15) is 4.79 Å². The molecule has 132 valence electrons. The molecule has 3 atom stereocenters. The van der Waals surface area contributed by atoms with Gasteiger partial charge in [0.25, 0.3) is 0 Å². The number of carboxylic acid groups (broad SMARTS) is 1. The van der Waals surface area contributed by atoms with Crippen LogP contribution in [0.25, 0.3) is 0 Å². The summed E-state index contributed by atoms with van der Waals surface area (Å²) in [6.45, 7) is 2.25. The van der Waals surface area contributed by atoms with E-state index in [1.807, 2.05) is 0 Å². The van der Waals surface area contributed by atoms with Crippen molar-refractivity contribution in [2.24, 2.45) is 0 Å². The highest BCUT2D eigenvalue weighted by atomic mass is 79.9. The smallest absolute Gasteiger partial charge is 0.337 e. The Bertz CT molecular complexity index is 739. The first kappa shape index (κ1) is 17.9. The van der Waals surface area contributed by atoms with Crippen molar-refractivity contribution in [1.29, 1.82) is 0 Å². The minimum atomic E-state index is -1.41. The fourth-order valence-electron chi connectivity index (χ4n) is 3.32. The maximum Gasteiger partial charge on any atom is 0.337 e. The number of hydrogen-bond donors (Lipinski definition) is 4. The average molecular weight is 405 g/mol. The van der Waals surface area contributed by atoms with Gasteiger partial charge in [0.05, 0.1) is 5.69 Å². The third-order valence-electron chi connectivity index (χ3n) is 4.61. The van der Waals surface area contributed by atoms with Gasteiger partial charge < -0.3 is 20.8 Å². The van der Waals surface area contributed by atoms with Crippen molar-refractivity contribution in [2.75, 3.05) is 18.4 Å². The lowest BCUT2D eigenvalue weighted by Crippen LogP contribution is -2.38. The normalized spacial score (nSPS) is 21.8. The Kier molecular flexibility index (Phi) is 5.73. The van der Waals surface area contributed by atoms with Gasteiger partial charge in [-0.25, -0.2) is 4.79 Å². The number of rotatable bonds is 2. The van der Waals surface area contributed by atoms with Gasteiger partial charge in [-0.3, -0.25) is 0 Å². The quantitative estimate of drug-likeness (QED) is 0.618. The van der Waals surface area contributed by atoms with E-state index in [4.69, 9.17) is 10.2 Å². The van der Waals surface area contributed by atoms with Gasteiger partial charge in [-0.05, 0) is 46.1 Å². The van der Waals surface area contributed by atoms with Crippen molar-refractivity contribution >= 4 is 27.6 Å². The number of carboxylic acids is 1. The highest BCUT2D eigenvalue weighted by Crippen LogP contribution is 2.41. The number of fused-ring (bicyclic) bond motifs is 3. The Morgan fingerprint density at radius 1 is 1.16 bits per heavy atom. The van der Waals surface area contributed by atoms with Crippen molar-refractivity contribution in [1.82, 2.24) is 5.32 Å². The molecular weight excluding hydrogens is 384 g/mol. The van der Waals surface area contributed by atoms with Crippen molar-refractivity contribution in [2.45, 2.75) is 24.5 Å². The molecule has 1 fully saturated rings. The molecule has 1 saturated heterocycles. The van der Waals surface area contributed by atoms with Gasteiger partial charge in [-0.2, -0.15) is 0 Å². The largest absolute Gasteiger partial charge is 0.479 e. The summed E-state index contributed by atoms with van der Waals surface area (Å²) in [6, 6.07) is 15.4. The summed E-state index contributed by atoms with van der Waals surface area (Å²) in [5.74, 6) is -0.563. The topological polar surface area (TPSA) is 81.6 Å². The maximum absolute atomic E-state index is 10.2. The highest BCUT2D eigenvalue weighted by molar-refractivity contribution is 9.10. The summed E-state index contributed by atoms with van der Waals surface area (Å²) < 4.78 is 1.20.